The van der Waals surface area contributed by atoms with Gasteiger partial charge >= 0.3 is 0 Å². The third-order valence-corrected chi connectivity index (χ3v) is 9.56. The van der Waals surface area contributed by atoms with Crippen LogP contribution in [0.25, 0.3) is 0 Å². The average molecular weight is 389 g/mol. The smallest absolute Gasteiger partial charge is 0.102 e. The fraction of sp³-hybridized carbons (Fsp3) is 0.920. The Morgan fingerprint density at radius 2 is 1.29 bits per heavy atom. The first-order valence-electron chi connectivity index (χ1n) is 12.5. The molecule has 158 valence electrons. The van der Waals surface area contributed by atoms with Gasteiger partial charge in [-0.2, -0.15) is 0 Å². The second-order valence-corrected chi connectivity index (χ2v) is 11.5. The number of likely N-dealkylation sites (N-methyl/N-ethyl adjacent to an activating group) is 1. The van der Waals surface area contributed by atoms with E-state index in [9.17, 15) is 0 Å². The van der Waals surface area contributed by atoms with Gasteiger partial charge in [0.15, 0.2) is 0 Å². The minimum Gasteiger partial charge on any atom is -0.370 e. The number of morpholine rings is 1. The van der Waals surface area contributed by atoms with Crippen LogP contribution < -0.4 is 0 Å². The van der Waals surface area contributed by atoms with Gasteiger partial charge in [0.2, 0.25) is 0 Å². The normalized spacial score (nSPS) is 42.6. The zero-order chi connectivity index (χ0) is 19.2. The Morgan fingerprint density at radius 1 is 0.750 bits per heavy atom. The SMILES string of the molecule is C[N+]1(CCC[N+]2(C)C[C@@H]3[C@@H](C2)[C@H]2CCCCC2=C2CCCC[C@@H]23)CCOCC1. The summed E-state index contributed by atoms with van der Waals surface area (Å²) in [4.78, 5) is 0. The molecule has 5 aliphatic rings. The predicted octanol–water partition coefficient (Wildman–Crippen LogP) is 4.24. The lowest BCUT2D eigenvalue weighted by molar-refractivity contribution is -0.928. The van der Waals surface area contributed by atoms with E-state index >= 15 is 0 Å². The molecule has 3 heteroatoms. The number of ether oxygens (including phenoxy) is 1. The van der Waals surface area contributed by atoms with Gasteiger partial charge in [0.25, 0.3) is 0 Å². The molecule has 3 nitrogen and oxygen atoms in total. The third kappa shape index (κ3) is 3.61. The summed E-state index contributed by atoms with van der Waals surface area (Å²) in [5, 5.41) is 0. The molecule has 0 aromatic carbocycles. The van der Waals surface area contributed by atoms with Crippen molar-refractivity contribution in [3.63, 3.8) is 0 Å². The Bertz CT molecular complexity index is 572. The minimum absolute atomic E-state index is 0.966. The molecule has 0 aromatic rings. The van der Waals surface area contributed by atoms with Crippen molar-refractivity contribution in [2.45, 2.75) is 57.8 Å². The molecule has 0 radical (unpaired) electrons. The monoisotopic (exact) mass is 388 g/mol. The van der Waals surface area contributed by atoms with Crippen molar-refractivity contribution in [2.75, 3.05) is 66.6 Å². The highest BCUT2D eigenvalue weighted by Crippen LogP contribution is 2.55. The molecule has 0 unspecified atom stereocenters. The molecule has 3 aliphatic carbocycles. The van der Waals surface area contributed by atoms with Crippen LogP contribution in [0.5, 0.6) is 0 Å². The largest absolute Gasteiger partial charge is 0.370 e. The Hall–Kier alpha value is -0.380. The van der Waals surface area contributed by atoms with Gasteiger partial charge < -0.3 is 13.7 Å². The number of likely N-dealkylation sites (tertiary alicyclic amines) is 1. The highest BCUT2D eigenvalue weighted by Gasteiger charge is 2.54. The number of hydrogen-bond acceptors (Lipinski definition) is 1. The first kappa shape index (κ1) is 19.6. The molecule has 28 heavy (non-hydrogen) atoms. The van der Waals surface area contributed by atoms with Crippen LogP contribution in [0.3, 0.4) is 0 Å². The first-order valence-corrected chi connectivity index (χ1v) is 12.5. The summed E-state index contributed by atoms with van der Waals surface area (Å²) in [6, 6.07) is 0. The molecule has 2 aliphatic heterocycles. The minimum atomic E-state index is 0.966. The van der Waals surface area contributed by atoms with E-state index in [1.807, 2.05) is 11.1 Å². The summed E-state index contributed by atoms with van der Waals surface area (Å²) < 4.78 is 8.22. The lowest BCUT2D eigenvalue weighted by Crippen LogP contribution is -2.53. The van der Waals surface area contributed by atoms with Gasteiger partial charge in [-0.25, -0.2) is 0 Å². The van der Waals surface area contributed by atoms with E-state index in [4.69, 9.17) is 4.74 Å². The second kappa shape index (κ2) is 7.71. The maximum atomic E-state index is 5.61. The number of quaternary nitrogens is 2. The van der Waals surface area contributed by atoms with Crippen molar-refractivity contribution in [3.8, 4) is 0 Å². The molecule has 2 saturated heterocycles. The first-order chi connectivity index (χ1) is 13.6. The highest BCUT2D eigenvalue weighted by molar-refractivity contribution is 5.28. The maximum absolute atomic E-state index is 5.61. The van der Waals surface area contributed by atoms with Crippen molar-refractivity contribution in [2.24, 2.45) is 23.7 Å². The summed E-state index contributed by atoms with van der Waals surface area (Å²) in [7, 11) is 5.07. The Labute approximate surface area is 173 Å². The van der Waals surface area contributed by atoms with Crippen LogP contribution in [-0.2, 0) is 4.74 Å². The summed E-state index contributed by atoms with van der Waals surface area (Å²) in [5.74, 6) is 3.99. The summed E-state index contributed by atoms with van der Waals surface area (Å²) in [6.07, 6.45) is 13.3. The third-order valence-electron chi connectivity index (χ3n) is 9.56. The lowest BCUT2D eigenvalue weighted by atomic mass is 9.58. The van der Waals surface area contributed by atoms with Gasteiger partial charge in [0, 0.05) is 18.3 Å². The van der Waals surface area contributed by atoms with Gasteiger partial charge in [-0.3, -0.25) is 0 Å². The van der Waals surface area contributed by atoms with E-state index in [0.717, 1.165) is 36.9 Å². The fourth-order valence-electron chi connectivity index (χ4n) is 8.06. The molecule has 0 aromatic heterocycles. The highest BCUT2D eigenvalue weighted by atomic mass is 16.5. The molecule has 4 atom stereocenters. The van der Waals surface area contributed by atoms with Gasteiger partial charge in [0.05, 0.1) is 53.5 Å². The summed E-state index contributed by atoms with van der Waals surface area (Å²) in [5.41, 5.74) is 3.99. The maximum Gasteiger partial charge on any atom is 0.102 e. The zero-order valence-corrected chi connectivity index (χ0v) is 18.6. The topological polar surface area (TPSA) is 9.23 Å². The summed E-state index contributed by atoms with van der Waals surface area (Å²) in [6.45, 7) is 10.1. The molecule has 2 heterocycles. The fourth-order valence-corrected chi connectivity index (χ4v) is 8.06. The summed E-state index contributed by atoms with van der Waals surface area (Å²) >= 11 is 0. The van der Waals surface area contributed by atoms with E-state index in [-0.39, 0.29) is 0 Å². The van der Waals surface area contributed by atoms with Crippen molar-refractivity contribution in [1.29, 1.82) is 0 Å². The average Bonchev–Trinajstić information content (AvgIpc) is 3.06. The van der Waals surface area contributed by atoms with Crippen LogP contribution in [0.1, 0.15) is 57.8 Å². The standard InChI is InChI=1S/C25H44N2O/c1-26(14-16-28-17-15-26)12-7-13-27(2)18-24-22-10-5-3-8-20(22)21-9-4-6-11-23(21)25(24)19-27/h22-25H,3-19H2,1-2H3/q+2/t22-,23-,24-,25-/m0/s1. The van der Waals surface area contributed by atoms with Crippen LogP contribution >= 0.6 is 0 Å². The van der Waals surface area contributed by atoms with Crippen LogP contribution in [0.2, 0.25) is 0 Å². The van der Waals surface area contributed by atoms with Crippen LogP contribution in [-0.4, -0.2) is 75.5 Å². The van der Waals surface area contributed by atoms with Crippen molar-refractivity contribution in [1.82, 2.24) is 0 Å². The number of hydrogen-bond donors (Lipinski definition) is 0. The number of fused-ring (bicyclic) bond motifs is 5. The van der Waals surface area contributed by atoms with Gasteiger partial charge in [-0.05, 0) is 50.4 Å². The van der Waals surface area contributed by atoms with Crippen LogP contribution in [0, 0.1) is 23.7 Å². The molecular formula is C25H44N2O+2. The molecule has 2 saturated carbocycles. The quantitative estimate of drug-likeness (QED) is 0.517. The van der Waals surface area contributed by atoms with Crippen LogP contribution in [0.15, 0.2) is 11.1 Å². The molecule has 0 N–H and O–H groups in total. The van der Waals surface area contributed by atoms with E-state index in [1.165, 1.54) is 106 Å². The Kier molecular flexibility index (Phi) is 5.39. The number of allylic oxidation sites excluding steroid dienone is 2. The van der Waals surface area contributed by atoms with Crippen LogP contribution in [0.4, 0.5) is 0 Å². The molecule has 5 rings (SSSR count). The number of rotatable bonds is 4. The van der Waals surface area contributed by atoms with Gasteiger partial charge in [-0.1, -0.05) is 24.0 Å². The Balaban J connectivity index is 1.27. The molecule has 0 bridgehead atoms. The van der Waals surface area contributed by atoms with Gasteiger partial charge in [0.1, 0.15) is 13.1 Å². The van der Waals surface area contributed by atoms with Crippen molar-refractivity contribution < 1.29 is 13.7 Å². The zero-order valence-electron chi connectivity index (χ0n) is 18.6. The molecule has 0 amide bonds. The van der Waals surface area contributed by atoms with E-state index < -0.39 is 0 Å². The van der Waals surface area contributed by atoms with E-state index in [0.29, 0.717) is 0 Å². The molecule has 4 fully saturated rings. The molecule has 0 spiro atoms. The second-order valence-electron chi connectivity index (χ2n) is 11.5. The van der Waals surface area contributed by atoms with E-state index in [2.05, 4.69) is 14.1 Å². The predicted molar refractivity (Wildman–Crippen MR) is 115 cm³/mol. The number of nitrogens with zero attached hydrogens (tertiary/aromatic N) is 2. The van der Waals surface area contributed by atoms with Gasteiger partial charge in [-0.15, -0.1) is 0 Å². The van der Waals surface area contributed by atoms with Crippen molar-refractivity contribution >= 4 is 0 Å². The van der Waals surface area contributed by atoms with Crippen molar-refractivity contribution in [3.05, 3.63) is 11.1 Å². The molecular weight excluding hydrogens is 344 g/mol. The Morgan fingerprint density at radius 3 is 1.86 bits per heavy atom. The lowest BCUT2D eigenvalue weighted by Gasteiger charge is -2.45. The van der Waals surface area contributed by atoms with E-state index in [1.54, 1.807) is 0 Å².